The third kappa shape index (κ3) is 6.91. The highest BCUT2D eigenvalue weighted by Gasteiger charge is 2.37. The monoisotopic (exact) mass is 534 g/mol. The predicted octanol–water partition coefficient (Wildman–Crippen LogP) is 1.98. The summed E-state index contributed by atoms with van der Waals surface area (Å²) in [6.45, 7) is 6.74. The second kappa shape index (κ2) is 13.2. The summed E-state index contributed by atoms with van der Waals surface area (Å²) in [5.41, 5.74) is 1.01. The second-order valence-corrected chi connectivity index (χ2v) is 10.1. The largest absolute Gasteiger partial charge is 0.378 e. The number of nitrogens with zero attached hydrogens (tertiary/aromatic N) is 5. The third-order valence-corrected chi connectivity index (χ3v) is 6.71. The molecule has 0 radical (unpaired) electrons. The molecule has 1 N–H and O–H groups in total. The molecule has 38 heavy (non-hydrogen) atoms. The lowest BCUT2D eigenvalue weighted by Crippen LogP contribution is -2.56. The molecule has 1 aromatic heterocycles. The molecule has 2 aliphatic rings. The van der Waals surface area contributed by atoms with Crippen molar-refractivity contribution in [2.75, 3.05) is 52.5 Å². The Bertz CT molecular complexity index is 1060. The number of morpholine rings is 1. The van der Waals surface area contributed by atoms with Gasteiger partial charge in [-0.05, 0) is 24.5 Å². The SMILES string of the molecule is CC(C)CN(C(=O)c1nnn(-c2ccccc2)c1COCC(F)F)[C@@H]1CNC[C@H](C(=O)N2CCOCC2)C1. The van der Waals surface area contributed by atoms with Gasteiger partial charge in [0.05, 0.1) is 31.4 Å². The highest BCUT2D eigenvalue weighted by molar-refractivity contribution is 5.93. The third-order valence-electron chi connectivity index (χ3n) is 6.71. The van der Waals surface area contributed by atoms with E-state index in [4.69, 9.17) is 9.47 Å². The van der Waals surface area contributed by atoms with Gasteiger partial charge in [-0.15, -0.1) is 5.10 Å². The fraction of sp³-hybridized carbons (Fsp3) is 0.615. The van der Waals surface area contributed by atoms with Crippen molar-refractivity contribution in [2.24, 2.45) is 11.8 Å². The number of hydrogen-bond donors (Lipinski definition) is 1. The molecule has 0 spiro atoms. The van der Waals surface area contributed by atoms with E-state index in [-0.39, 0.29) is 42.0 Å². The van der Waals surface area contributed by atoms with E-state index in [2.05, 4.69) is 15.6 Å². The maximum atomic E-state index is 14.0. The minimum absolute atomic E-state index is 0.0606. The van der Waals surface area contributed by atoms with Gasteiger partial charge in [-0.1, -0.05) is 37.3 Å². The molecule has 3 heterocycles. The molecule has 0 aliphatic carbocycles. The number of amides is 2. The molecule has 2 atom stereocenters. The van der Waals surface area contributed by atoms with Crippen molar-refractivity contribution in [3.05, 3.63) is 41.7 Å². The molecule has 4 rings (SSSR count). The van der Waals surface area contributed by atoms with E-state index in [0.717, 1.165) is 0 Å². The van der Waals surface area contributed by atoms with E-state index < -0.39 is 13.0 Å². The predicted molar refractivity (Wildman–Crippen MR) is 135 cm³/mol. The van der Waals surface area contributed by atoms with Crippen LogP contribution in [0.15, 0.2) is 30.3 Å². The Morgan fingerprint density at radius 1 is 1.18 bits per heavy atom. The Labute approximate surface area is 221 Å². The lowest BCUT2D eigenvalue weighted by molar-refractivity contribution is -0.140. The first-order valence-corrected chi connectivity index (χ1v) is 13.1. The first-order valence-electron chi connectivity index (χ1n) is 13.1. The van der Waals surface area contributed by atoms with E-state index in [1.165, 1.54) is 4.68 Å². The Morgan fingerprint density at radius 3 is 2.61 bits per heavy atom. The number of aromatic nitrogens is 3. The highest BCUT2D eigenvalue weighted by Crippen LogP contribution is 2.24. The molecule has 1 aromatic carbocycles. The van der Waals surface area contributed by atoms with Crippen molar-refractivity contribution in [2.45, 2.75) is 39.3 Å². The summed E-state index contributed by atoms with van der Waals surface area (Å²) in [4.78, 5) is 30.8. The van der Waals surface area contributed by atoms with E-state index in [0.29, 0.717) is 63.7 Å². The van der Waals surface area contributed by atoms with E-state index in [9.17, 15) is 18.4 Å². The van der Waals surface area contributed by atoms with E-state index >= 15 is 0 Å². The van der Waals surface area contributed by atoms with Crippen LogP contribution < -0.4 is 5.32 Å². The van der Waals surface area contributed by atoms with Gasteiger partial charge in [-0.25, -0.2) is 13.5 Å². The smallest absolute Gasteiger partial charge is 0.276 e. The van der Waals surface area contributed by atoms with Gasteiger partial charge in [0.2, 0.25) is 5.91 Å². The Kier molecular flexibility index (Phi) is 9.75. The number of alkyl halides is 2. The van der Waals surface area contributed by atoms with Crippen molar-refractivity contribution < 1.29 is 27.8 Å². The van der Waals surface area contributed by atoms with Crippen LogP contribution >= 0.6 is 0 Å². The van der Waals surface area contributed by atoms with Crippen LogP contribution in [0.1, 0.15) is 36.5 Å². The summed E-state index contributed by atoms with van der Waals surface area (Å²) in [5, 5.41) is 11.7. The molecule has 0 unspecified atom stereocenters. The van der Waals surface area contributed by atoms with E-state index in [1.54, 1.807) is 17.0 Å². The average Bonchev–Trinajstić information content (AvgIpc) is 3.35. The molecule has 0 bridgehead atoms. The molecule has 12 heteroatoms. The van der Waals surface area contributed by atoms with Gasteiger partial charge in [0.1, 0.15) is 12.3 Å². The van der Waals surface area contributed by atoms with Crippen LogP contribution in [0.4, 0.5) is 8.78 Å². The minimum atomic E-state index is -2.64. The molecule has 208 valence electrons. The van der Waals surface area contributed by atoms with E-state index in [1.807, 2.05) is 36.9 Å². The summed E-state index contributed by atoms with van der Waals surface area (Å²) in [7, 11) is 0. The average molecular weight is 535 g/mol. The zero-order valence-electron chi connectivity index (χ0n) is 21.9. The molecule has 2 aliphatic heterocycles. The molecule has 2 aromatic rings. The topological polar surface area (TPSA) is 102 Å². The summed E-state index contributed by atoms with van der Waals surface area (Å²) >= 11 is 0. The fourth-order valence-electron chi connectivity index (χ4n) is 4.93. The number of piperidine rings is 1. The van der Waals surface area contributed by atoms with Crippen molar-refractivity contribution in [1.82, 2.24) is 30.1 Å². The number of rotatable bonds is 10. The summed E-state index contributed by atoms with van der Waals surface area (Å²) < 4.78 is 37.7. The molecule has 2 saturated heterocycles. The highest BCUT2D eigenvalue weighted by atomic mass is 19.3. The van der Waals surface area contributed by atoms with Crippen molar-refractivity contribution in [3.8, 4) is 5.69 Å². The van der Waals surface area contributed by atoms with Gasteiger partial charge in [0.25, 0.3) is 12.3 Å². The number of para-hydroxylation sites is 1. The van der Waals surface area contributed by atoms with Gasteiger partial charge in [-0.3, -0.25) is 9.59 Å². The maximum absolute atomic E-state index is 14.0. The van der Waals surface area contributed by atoms with Crippen molar-refractivity contribution >= 4 is 11.8 Å². The van der Waals surface area contributed by atoms with Crippen LogP contribution in [0.25, 0.3) is 5.69 Å². The van der Waals surface area contributed by atoms with Crippen LogP contribution in [-0.4, -0.2) is 102 Å². The first kappa shape index (κ1) is 28.1. The van der Waals surface area contributed by atoms with Gasteiger partial charge >= 0.3 is 0 Å². The van der Waals surface area contributed by atoms with Gasteiger partial charge < -0.3 is 24.6 Å². The number of nitrogens with one attached hydrogen (secondary N) is 1. The number of hydrogen-bond acceptors (Lipinski definition) is 7. The normalized spacial score (nSPS) is 20.2. The Balaban J connectivity index is 1.59. The second-order valence-electron chi connectivity index (χ2n) is 10.1. The number of ether oxygens (including phenoxy) is 2. The lowest BCUT2D eigenvalue weighted by Gasteiger charge is -2.40. The van der Waals surface area contributed by atoms with Crippen LogP contribution in [-0.2, 0) is 20.9 Å². The first-order chi connectivity index (χ1) is 18.3. The fourth-order valence-corrected chi connectivity index (χ4v) is 4.93. The molecule has 10 nitrogen and oxygen atoms in total. The zero-order valence-corrected chi connectivity index (χ0v) is 21.9. The minimum Gasteiger partial charge on any atom is -0.378 e. The number of carbonyl (C=O) groups is 2. The number of carbonyl (C=O) groups excluding carboxylic acids is 2. The number of benzene rings is 1. The standard InChI is InChI=1S/C26H36F2N6O4/c1-18(2)15-33(21-12-19(13-29-14-21)25(35)32-8-10-37-11-9-32)26(36)24-22(16-38-17-23(27)28)34(31-30-24)20-6-4-3-5-7-20/h3-7,18-19,21,23,29H,8-17H2,1-2H3/t19-,21+/m1/s1. The van der Waals surface area contributed by atoms with Crippen LogP contribution in [0, 0.1) is 11.8 Å². The summed E-state index contributed by atoms with van der Waals surface area (Å²) in [5.74, 6) is -0.401. The van der Waals surface area contributed by atoms with Crippen LogP contribution in [0.2, 0.25) is 0 Å². The Morgan fingerprint density at radius 2 is 1.92 bits per heavy atom. The quantitative estimate of drug-likeness (QED) is 0.498. The summed E-state index contributed by atoms with van der Waals surface area (Å²) in [6, 6.07) is 8.80. The molecular formula is C26H36F2N6O4. The Hall–Kier alpha value is -2.96. The zero-order chi connectivity index (χ0) is 27.1. The number of halogens is 2. The molecule has 0 saturated carbocycles. The maximum Gasteiger partial charge on any atom is 0.276 e. The van der Waals surface area contributed by atoms with Crippen molar-refractivity contribution in [1.29, 1.82) is 0 Å². The van der Waals surface area contributed by atoms with Gasteiger partial charge in [0.15, 0.2) is 5.69 Å². The van der Waals surface area contributed by atoms with Crippen molar-refractivity contribution in [3.63, 3.8) is 0 Å². The molecular weight excluding hydrogens is 498 g/mol. The lowest BCUT2D eigenvalue weighted by atomic mass is 9.92. The molecule has 2 fully saturated rings. The molecule has 2 amide bonds. The van der Waals surface area contributed by atoms with Gasteiger partial charge in [-0.2, -0.15) is 0 Å². The van der Waals surface area contributed by atoms with Crippen LogP contribution in [0.5, 0.6) is 0 Å². The van der Waals surface area contributed by atoms with Gasteiger partial charge in [0, 0.05) is 38.8 Å². The summed E-state index contributed by atoms with van der Waals surface area (Å²) in [6.07, 6.45) is -2.12. The van der Waals surface area contributed by atoms with Crippen LogP contribution in [0.3, 0.4) is 0 Å².